The Labute approximate surface area is 117 Å². The molecule has 2 rings (SSSR count). The molecule has 0 spiro atoms. The van der Waals surface area contributed by atoms with Gasteiger partial charge in [0.15, 0.2) is 11.4 Å². The SMILES string of the molecule is CCc1ccc(-c2nnnn2C(C)(CC)C(=O)O)cc1. The minimum Gasteiger partial charge on any atom is -0.479 e. The topological polar surface area (TPSA) is 80.9 Å². The smallest absolute Gasteiger partial charge is 0.331 e. The van der Waals surface area contributed by atoms with E-state index in [1.54, 1.807) is 13.8 Å². The zero-order valence-electron chi connectivity index (χ0n) is 11.9. The number of aromatic nitrogens is 4. The number of carboxylic acids is 1. The van der Waals surface area contributed by atoms with Crippen molar-refractivity contribution in [1.82, 2.24) is 20.2 Å². The Bertz CT molecular complexity index is 606. The van der Waals surface area contributed by atoms with Crippen molar-refractivity contribution >= 4 is 5.97 Å². The van der Waals surface area contributed by atoms with Crippen LogP contribution in [0.5, 0.6) is 0 Å². The number of benzene rings is 1. The van der Waals surface area contributed by atoms with Crippen LogP contribution in [0.25, 0.3) is 11.4 Å². The fourth-order valence-electron chi connectivity index (χ4n) is 1.98. The molecular formula is C14H18N4O2. The summed E-state index contributed by atoms with van der Waals surface area (Å²) in [6.45, 7) is 5.51. The van der Waals surface area contributed by atoms with Gasteiger partial charge in [-0.2, -0.15) is 0 Å². The molecule has 2 aromatic rings. The van der Waals surface area contributed by atoms with Gasteiger partial charge in [0, 0.05) is 5.56 Å². The van der Waals surface area contributed by atoms with Crippen LogP contribution in [0.3, 0.4) is 0 Å². The summed E-state index contributed by atoms with van der Waals surface area (Å²) in [6, 6.07) is 7.83. The first-order chi connectivity index (χ1) is 9.52. The van der Waals surface area contributed by atoms with E-state index in [1.807, 2.05) is 24.3 Å². The van der Waals surface area contributed by atoms with E-state index in [4.69, 9.17) is 0 Å². The normalized spacial score (nSPS) is 13.9. The fraction of sp³-hybridized carbons (Fsp3) is 0.429. The summed E-state index contributed by atoms with van der Waals surface area (Å²) in [7, 11) is 0. The van der Waals surface area contributed by atoms with Crippen molar-refractivity contribution in [2.24, 2.45) is 0 Å². The van der Waals surface area contributed by atoms with Crippen molar-refractivity contribution in [3.05, 3.63) is 29.8 Å². The van der Waals surface area contributed by atoms with Crippen LogP contribution < -0.4 is 0 Å². The van der Waals surface area contributed by atoms with E-state index in [1.165, 1.54) is 10.2 Å². The predicted octanol–water partition coefficient (Wildman–Crippen LogP) is 2.11. The molecule has 0 bridgehead atoms. The Morgan fingerprint density at radius 3 is 2.45 bits per heavy atom. The molecule has 0 saturated heterocycles. The minimum atomic E-state index is -1.15. The second-order valence-electron chi connectivity index (χ2n) is 4.90. The zero-order valence-corrected chi connectivity index (χ0v) is 11.9. The Hall–Kier alpha value is -2.24. The highest BCUT2D eigenvalue weighted by atomic mass is 16.4. The van der Waals surface area contributed by atoms with Crippen LogP contribution in [0.4, 0.5) is 0 Å². The molecule has 0 fully saturated rings. The third-order valence-electron chi connectivity index (χ3n) is 3.71. The highest BCUT2D eigenvalue weighted by molar-refractivity contribution is 5.77. The van der Waals surface area contributed by atoms with Crippen LogP contribution in [0.15, 0.2) is 24.3 Å². The van der Waals surface area contributed by atoms with Gasteiger partial charge in [0.25, 0.3) is 0 Å². The lowest BCUT2D eigenvalue weighted by molar-refractivity contribution is -0.147. The Morgan fingerprint density at radius 1 is 1.30 bits per heavy atom. The first-order valence-corrected chi connectivity index (χ1v) is 6.64. The molecule has 6 heteroatoms. The molecule has 1 heterocycles. The molecule has 1 aromatic carbocycles. The summed E-state index contributed by atoms with van der Waals surface area (Å²) in [5.74, 6) is -0.474. The van der Waals surface area contributed by atoms with Crippen LogP contribution in [-0.4, -0.2) is 31.3 Å². The molecule has 20 heavy (non-hydrogen) atoms. The van der Waals surface area contributed by atoms with Crippen molar-refractivity contribution in [3.63, 3.8) is 0 Å². The van der Waals surface area contributed by atoms with Crippen LogP contribution in [0.2, 0.25) is 0 Å². The first kappa shape index (κ1) is 14.2. The number of hydrogen-bond acceptors (Lipinski definition) is 4. The van der Waals surface area contributed by atoms with E-state index in [0.717, 1.165) is 12.0 Å². The summed E-state index contributed by atoms with van der Waals surface area (Å²) in [6.07, 6.45) is 1.35. The summed E-state index contributed by atoms with van der Waals surface area (Å²) >= 11 is 0. The third kappa shape index (κ3) is 2.29. The molecule has 1 aromatic heterocycles. The molecular weight excluding hydrogens is 256 g/mol. The molecule has 0 amide bonds. The lowest BCUT2D eigenvalue weighted by Crippen LogP contribution is -2.39. The monoisotopic (exact) mass is 274 g/mol. The van der Waals surface area contributed by atoms with Crippen molar-refractivity contribution in [2.75, 3.05) is 0 Å². The quantitative estimate of drug-likeness (QED) is 0.903. The largest absolute Gasteiger partial charge is 0.479 e. The van der Waals surface area contributed by atoms with Crippen LogP contribution in [0, 0.1) is 0 Å². The van der Waals surface area contributed by atoms with E-state index in [9.17, 15) is 9.90 Å². The molecule has 6 nitrogen and oxygen atoms in total. The van der Waals surface area contributed by atoms with E-state index < -0.39 is 11.5 Å². The van der Waals surface area contributed by atoms with Gasteiger partial charge in [-0.3, -0.25) is 0 Å². The van der Waals surface area contributed by atoms with E-state index >= 15 is 0 Å². The minimum absolute atomic E-state index is 0.396. The van der Waals surface area contributed by atoms with Gasteiger partial charge < -0.3 is 5.11 Å². The molecule has 0 aliphatic carbocycles. The van der Waals surface area contributed by atoms with Gasteiger partial charge in [0.2, 0.25) is 0 Å². The molecule has 106 valence electrons. The second kappa shape index (κ2) is 5.40. The summed E-state index contributed by atoms with van der Waals surface area (Å²) in [4.78, 5) is 11.5. The number of nitrogens with zero attached hydrogens (tertiary/aromatic N) is 4. The summed E-state index contributed by atoms with van der Waals surface area (Å²) in [5.41, 5.74) is 0.875. The highest BCUT2D eigenvalue weighted by Gasteiger charge is 2.37. The van der Waals surface area contributed by atoms with Gasteiger partial charge >= 0.3 is 5.97 Å². The average molecular weight is 274 g/mol. The summed E-state index contributed by atoms with van der Waals surface area (Å²) in [5, 5.41) is 20.9. The van der Waals surface area contributed by atoms with Crippen molar-refractivity contribution in [1.29, 1.82) is 0 Å². The number of hydrogen-bond donors (Lipinski definition) is 1. The maximum absolute atomic E-state index is 11.5. The van der Waals surface area contributed by atoms with Gasteiger partial charge in [-0.05, 0) is 35.8 Å². The van der Waals surface area contributed by atoms with Gasteiger partial charge in [-0.25, -0.2) is 9.48 Å². The second-order valence-corrected chi connectivity index (χ2v) is 4.90. The molecule has 0 radical (unpaired) electrons. The maximum Gasteiger partial charge on any atom is 0.331 e. The van der Waals surface area contributed by atoms with Gasteiger partial charge in [0.1, 0.15) is 0 Å². The predicted molar refractivity (Wildman–Crippen MR) is 74.2 cm³/mol. The summed E-state index contributed by atoms with van der Waals surface area (Å²) < 4.78 is 1.39. The number of aryl methyl sites for hydroxylation is 1. The molecule has 1 N–H and O–H groups in total. The van der Waals surface area contributed by atoms with Crippen LogP contribution >= 0.6 is 0 Å². The number of tetrazole rings is 1. The Kier molecular flexibility index (Phi) is 3.83. The number of rotatable bonds is 5. The molecule has 0 saturated carbocycles. The standard InChI is InChI=1S/C14H18N4O2/c1-4-10-6-8-11(9-7-10)12-15-16-17-18(12)14(3,5-2)13(19)20/h6-9H,4-5H2,1-3H3,(H,19,20). The van der Waals surface area contributed by atoms with E-state index in [2.05, 4.69) is 22.4 Å². The third-order valence-corrected chi connectivity index (χ3v) is 3.71. The van der Waals surface area contributed by atoms with Crippen molar-refractivity contribution in [3.8, 4) is 11.4 Å². The van der Waals surface area contributed by atoms with Gasteiger partial charge in [-0.1, -0.05) is 38.1 Å². The molecule has 0 aliphatic heterocycles. The Balaban J connectivity index is 2.49. The van der Waals surface area contributed by atoms with Crippen LogP contribution in [0.1, 0.15) is 32.8 Å². The molecule has 0 aliphatic rings. The van der Waals surface area contributed by atoms with Crippen molar-refractivity contribution < 1.29 is 9.90 Å². The van der Waals surface area contributed by atoms with Crippen LogP contribution in [-0.2, 0) is 16.8 Å². The molecule has 1 unspecified atom stereocenters. The first-order valence-electron chi connectivity index (χ1n) is 6.64. The average Bonchev–Trinajstić information content (AvgIpc) is 2.96. The number of carboxylic acid groups (broad SMARTS) is 1. The zero-order chi connectivity index (χ0) is 14.8. The maximum atomic E-state index is 11.5. The lowest BCUT2D eigenvalue weighted by atomic mass is 9.99. The Morgan fingerprint density at radius 2 is 1.95 bits per heavy atom. The lowest BCUT2D eigenvalue weighted by Gasteiger charge is -2.24. The number of carbonyl (C=O) groups is 1. The molecule has 1 atom stereocenters. The van der Waals surface area contributed by atoms with E-state index in [-0.39, 0.29) is 0 Å². The van der Waals surface area contributed by atoms with Gasteiger partial charge in [-0.15, -0.1) is 5.10 Å². The number of aliphatic carboxylic acids is 1. The van der Waals surface area contributed by atoms with Gasteiger partial charge in [0.05, 0.1) is 0 Å². The van der Waals surface area contributed by atoms with Crippen molar-refractivity contribution in [2.45, 2.75) is 39.2 Å². The highest BCUT2D eigenvalue weighted by Crippen LogP contribution is 2.26. The fourth-order valence-corrected chi connectivity index (χ4v) is 1.98. The van der Waals surface area contributed by atoms with E-state index in [0.29, 0.717) is 12.2 Å².